The molecular formula is C35H54O8. The lowest BCUT2D eigenvalue weighted by atomic mass is 9.73. The summed E-state index contributed by atoms with van der Waals surface area (Å²) in [6, 6.07) is 1.81. The third-order valence-electron chi connectivity index (χ3n) is 8.33. The zero-order chi connectivity index (χ0) is 32.4. The molecule has 0 amide bonds. The molecule has 0 fully saturated rings. The first-order chi connectivity index (χ1) is 20.1. The number of carbonyl (C=O) groups is 2. The number of carboxylic acids is 2. The van der Waals surface area contributed by atoms with Crippen LogP contribution in [0.25, 0.3) is 0 Å². The van der Waals surface area contributed by atoms with Gasteiger partial charge in [-0.25, -0.2) is 4.79 Å². The minimum absolute atomic E-state index is 0.0424. The van der Waals surface area contributed by atoms with Crippen LogP contribution in [-0.4, -0.2) is 58.3 Å². The molecular weight excluding hydrogens is 548 g/mol. The Kier molecular flexibility index (Phi) is 13.8. The Morgan fingerprint density at radius 3 is 2.28 bits per heavy atom. The number of carboxylic acid groups (broad SMARTS) is 2. The number of hydrogen-bond acceptors (Lipinski definition) is 6. The highest BCUT2D eigenvalue weighted by molar-refractivity contribution is 5.94. The second-order valence-corrected chi connectivity index (χ2v) is 13.2. The molecule has 242 valence electrons. The van der Waals surface area contributed by atoms with E-state index in [1.165, 1.54) is 5.57 Å². The standard InChI is InChI=1S/C35H54O8/c1-9-10-11-12-25-22-28(41-19-20-43-35(7,8)17-18-42-34(5,6)16-15-29(36)37)31(32(38)30(25)33(39)40)27-21-24(4)13-14-26(27)23(2)3/h21-22,26-27,38H,2,9-20H2,1,3-8H3,(H,36,37)(H,39,40). The summed E-state index contributed by atoms with van der Waals surface area (Å²) in [7, 11) is 0. The lowest BCUT2D eigenvalue weighted by molar-refractivity contribution is -0.139. The first kappa shape index (κ1) is 36.4. The molecule has 0 saturated heterocycles. The van der Waals surface area contributed by atoms with E-state index in [-0.39, 0.29) is 42.8 Å². The number of aryl methyl sites for hydroxylation is 1. The minimum Gasteiger partial charge on any atom is -0.507 e. The number of ether oxygens (including phenoxy) is 3. The number of phenols is 1. The molecule has 8 nitrogen and oxygen atoms in total. The molecule has 2 rings (SSSR count). The number of aromatic hydroxyl groups is 1. The number of benzene rings is 1. The van der Waals surface area contributed by atoms with Gasteiger partial charge in [-0.15, -0.1) is 0 Å². The second-order valence-electron chi connectivity index (χ2n) is 13.2. The summed E-state index contributed by atoms with van der Waals surface area (Å²) < 4.78 is 18.4. The van der Waals surface area contributed by atoms with Gasteiger partial charge in [-0.3, -0.25) is 4.79 Å². The Morgan fingerprint density at radius 1 is 1.02 bits per heavy atom. The van der Waals surface area contributed by atoms with Gasteiger partial charge in [0, 0.05) is 17.9 Å². The van der Waals surface area contributed by atoms with Gasteiger partial charge in [0.15, 0.2) is 0 Å². The molecule has 1 aromatic rings. The monoisotopic (exact) mass is 602 g/mol. The smallest absolute Gasteiger partial charge is 0.339 e. The molecule has 0 saturated carbocycles. The number of hydrogen-bond donors (Lipinski definition) is 3. The van der Waals surface area contributed by atoms with E-state index < -0.39 is 23.1 Å². The Morgan fingerprint density at radius 2 is 1.67 bits per heavy atom. The number of allylic oxidation sites excluding steroid dienone is 3. The van der Waals surface area contributed by atoms with Crippen molar-refractivity contribution >= 4 is 11.9 Å². The van der Waals surface area contributed by atoms with Crippen LogP contribution in [0.5, 0.6) is 11.5 Å². The Labute approximate surface area is 258 Å². The van der Waals surface area contributed by atoms with Gasteiger partial charge in [-0.1, -0.05) is 43.6 Å². The fourth-order valence-electron chi connectivity index (χ4n) is 5.66. The van der Waals surface area contributed by atoms with E-state index in [0.29, 0.717) is 42.7 Å². The predicted octanol–water partition coefficient (Wildman–Crippen LogP) is 8.06. The predicted molar refractivity (Wildman–Crippen MR) is 169 cm³/mol. The van der Waals surface area contributed by atoms with Crippen LogP contribution in [0.3, 0.4) is 0 Å². The molecule has 0 radical (unpaired) electrons. The molecule has 2 unspecified atom stereocenters. The zero-order valence-corrected chi connectivity index (χ0v) is 27.4. The van der Waals surface area contributed by atoms with Crippen molar-refractivity contribution in [1.29, 1.82) is 0 Å². The van der Waals surface area contributed by atoms with Gasteiger partial charge in [-0.05, 0) is 97.6 Å². The molecule has 0 bridgehead atoms. The van der Waals surface area contributed by atoms with Crippen molar-refractivity contribution in [2.45, 2.75) is 123 Å². The van der Waals surface area contributed by atoms with E-state index in [0.717, 1.165) is 37.7 Å². The van der Waals surface area contributed by atoms with E-state index in [2.05, 4.69) is 26.5 Å². The highest BCUT2D eigenvalue weighted by Crippen LogP contribution is 2.48. The van der Waals surface area contributed by atoms with Crippen LogP contribution in [0, 0.1) is 5.92 Å². The number of aromatic carboxylic acids is 1. The molecule has 2 atom stereocenters. The average molecular weight is 603 g/mol. The van der Waals surface area contributed by atoms with Crippen LogP contribution in [0.2, 0.25) is 0 Å². The van der Waals surface area contributed by atoms with Gasteiger partial charge in [0.2, 0.25) is 0 Å². The van der Waals surface area contributed by atoms with Crippen molar-refractivity contribution in [3.8, 4) is 11.5 Å². The van der Waals surface area contributed by atoms with E-state index in [4.69, 9.17) is 19.3 Å². The molecule has 1 aliphatic carbocycles. The molecule has 0 aromatic heterocycles. The van der Waals surface area contributed by atoms with E-state index in [1.807, 2.05) is 34.6 Å². The fourth-order valence-corrected chi connectivity index (χ4v) is 5.66. The van der Waals surface area contributed by atoms with Crippen molar-refractivity contribution in [2.75, 3.05) is 19.8 Å². The highest BCUT2D eigenvalue weighted by atomic mass is 16.5. The molecule has 3 N–H and O–H groups in total. The molecule has 0 heterocycles. The minimum atomic E-state index is -1.14. The van der Waals surface area contributed by atoms with Crippen LogP contribution < -0.4 is 4.74 Å². The van der Waals surface area contributed by atoms with Crippen LogP contribution >= 0.6 is 0 Å². The topological polar surface area (TPSA) is 123 Å². The number of unbranched alkanes of at least 4 members (excludes halogenated alkanes) is 2. The summed E-state index contributed by atoms with van der Waals surface area (Å²) in [4.78, 5) is 23.3. The maximum atomic E-state index is 12.4. The molecule has 43 heavy (non-hydrogen) atoms. The lowest BCUT2D eigenvalue weighted by Gasteiger charge is -2.33. The summed E-state index contributed by atoms with van der Waals surface area (Å²) >= 11 is 0. The third kappa shape index (κ3) is 11.3. The Balaban J connectivity index is 2.25. The quantitative estimate of drug-likeness (QED) is 0.107. The average Bonchev–Trinajstić information content (AvgIpc) is 2.89. The van der Waals surface area contributed by atoms with E-state index in [1.54, 1.807) is 6.07 Å². The first-order valence-corrected chi connectivity index (χ1v) is 15.7. The summed E-state index contributed by atoms with van der Waals surface area (Å²) in [6.07, 6.45) is 8.32. The van der Waals surface area contributed by atoms with Crippen LogP contribution in [-0.2, 0) is 20.7 Å². The summed E-state index contributed by atoms with van der Waals surface area (Å²) in [5.41, 5.74) is 2.16. The maximum Gasteiger partial charge on any atom is 0.339 e. The summed E-state index contributed by atoms with van der Waals surface area (Å²) in [5.74, 6) is -1.91. The van der Waals surface area contributed by atoms with Gasteiger partial charge in [0.25, 0.3) is 0 Å². The largest absolute Gasteiger partial charge is 0.507 e. The first-order valence-electron chi connectivity index (χ1n) is 15.7. The van der Waals surface area contributed by atoms with Gasteiger partial charge < -0.3 is 29.5 Å². The van der Waals surface area contributed by atoms with Crippen molar-refractivity contribution in [2.24, 2.45) is 5.92 Å². The summed E-state index contributed by atoms with van der Waals surface area (Å²) in [6.45, 7) is 19.0. The van der Waals surface area contributed by atoms with Gasteiger partial charge in [-0.2, -0.15) is 0 Å². The van der Waals surface area contributed by atoms with Crippen LogP contribution in [0.1, 0.15) is 127 Å². The Bertz CT molecular complexity index is 1150. The zero-order valence-electron chi connectivity index (χ0n) is 27.4. The van der Waals surface area contributed by atoms with E-state index >= 15 is 0 Å². The lowest BCUT2D eigenvalue weighted by Crippen LogP contribution is -2.32. The van der Waals surface area contributed by atoms with Crippen LogP contribution in [0.4, 0.5) is 0 Å². The number of rotatable bonds is 19. The Hall–Kier alpha value is -2.84. The molecule has 0 spiro atoms. The van der Waals surface area contributed by atoms with Crippen molar-refractivity contribution in [3.05, 3.63) is 46.6 Å². The molecule has 0 aliphatic heterocycles. The SMILES string of the molecule is C=C(C)C1CCC(C)=CC1c1c(OCCOC(C)(C)CCOC(C)(C)CCC(=O)O)cc(CCCCC)c(C(=O)O)c1O. The van der Waals surface area contributed by atoms with Gasteiger partial charge in [0.1, 0.15) is 23.7 Å². The normalized spacial score (nSPS) is 17.4. The fraction of sp³-hybridized carbons (Fsp3) is 0.657. The van der Waals surface area contributed by atoms with Crippen LogP contribution in [0.15, 0.2) is 29.9 Å². The summed E-state index contributed by atoms with van der Waals surface area (Å²) in [5, 5.41) is 30.6. The highest BCUT2D eigenvalue weighted by Gasteiger charge is 2.34. The molecule has 1 aliphatic rings. The molecule has 8 heteroatoms. The van der Waals surface area contributed by atoms with Gasteiger partial charge >= 0.3 is 11.9 Å². The second kappa shape index (κ2) is 16.3. The molecule has 1 aromatic carbocycles. The maximum absolute atomic E-state index is 12.4. The van der Waals surface area contributed by atoms with Gasteiger partial charge in [0.05, 0.1) is 24.4 Å². The van der Waals surface area contributed by atoms with Crippen molar-refractivity contribution in [3.63, 3.8) is 0 Å². The third-order valence-corrected chi connectivity index (χ3v) is 8.33. The number of aliphatic carboxylic acids is 1. The van der Waals surface area contributed by atoms with Crippen molar-refractivity contribution < 1.29 is 39.1 Å². The van der Waals surface area contributed by atoms with E-state index in [9.17, 15) is 19.8 Å². The van der Waals surface area contributed by atoms with Crippen molar-refractivity contribution in [1.82, 2.24) is 0 Å².